The van der Waals surface area contributed by atoms with E-state index in [0.717, 1.165) is 58.1 Å². The van der Waals surface area contributed by atoms with E-state index in [2.05, 4.69) is 15.6 Å². The first-order valence-electron chi connectivity index (χ1n) is 9.59. The fourth-order valence-electron chi connectivity index (χ4n) is 3.21. The van der Waals surface area contributed by atoms with Gasteiger partial charge >= 0.3 is 6.09 Å². The maximum absolute atomic E-state index is 11.7. The monoisotopic (exact) mass is 354 g/mol. The average molecular weight is 354 g/mol. The third-order valence-corrected chi connectivity index (χ3v) is 5.15. The molecule has 1 saturated heterocycles. The van der Waals surface area contributed by atoms with Crippen LogP contribution in [0.2, 0.25) is 0 Å². The highest BCUT2D eigenvalue weighted by Crippen LogP contribution is 2.48. The van der Waals surface area contributed by atoms with Crippen LogP contribution >= 0.6 is 0 Å². The minimum Gasteiger partial charge on any atom is -0.450 e. The van der Waals surface area contributed by atoms with Crippen LogP contribution in [-0.4, -0.2) is 69.5 Å². The lowest BCUT2D eigenvalue weighted by Crippen LogP contribution is -2.50. The minimum atomic E-state index is -0.201. The Bertz CT molecular complexity index is 444. The van der Waals surface area contributed by atoms with Crippen LogP contribution in [0, 0.1) is 5.41 Å². The van der Waals surface area contributed by atoms with Crippen LogP contribution in [0.3, 0.4) is 0 Å². The van der Waals surface area contributed by atoms with E-state index in [1.54, 1.807) is 4.90 Å². The largest absolute Gasteiger partial charge is 0.450 e. The van der Waals surface area contributed by atoms with Gasteiger partial charge in [0.05, 0.1) is 6.61 Å². The van der Waals surface area contributed by atoms with Crippen LogP contribution in [-0.2, 0) is 9.47 Å². The molecule has 0 aromatic carbocycles. The number of carbonyl (C=O) groups excluding carboxylic acids is 1. The zero-order valence-corrected chi connectivity index (χ0v) is 16.0. The van der Waals surface area contributed by atoms with Crippen molar-refractivity contribution in [2.75, 3.05) is 46.5 Å². The van der Waals surface area contributed by atoms with Crippen molar-refractivity contribution in [3.05, 3.63) is 0 Å². The van der Waals surface area contributed by atoms with Gasteiger partial charge in [0.2, 0.25) is 0 Å². The number of amides is 1. The topological polar surface area (TPSA) is 75.2 Å². The summed E-state index contributed by atoms with van der Waals surface area (Å²) in [5, 5.41) is 6.97. The summed E-state index contributed by atoms with van der Waals surface area (Å²) in [6.07, 6.45) is 5.27. The quantitative estimate of drug-likeness (QED) is 0.396. The molecule has 7 nitrogen and oxygen atoms in total. The third-order valence-electron chi connectivity index (χ3n) is 5.15. The Morgan fingerprint density at radius 1 is 1.24 bits per heavy atom. The first-order valence-corrected chi connectivity index (χ1v) is 9.59. The van der Waals surface area contributed by atoms with Crippen LogP contribution < -0.4 is 10.6 Å². The highest BCUT2D eigenvalue weighted by molar-refractivity contribution is 5.80. The van der Waals surface area contributed by atoms with Gasteiger partial charge in [0, 0.05) is 45.9 Å². The Hall–Kier alpha value is -1.50. The van der Waals surface area contributed by atoms with E-state index >= 15 is 0 Å². The Morgan fingerprint density at radius 2 is 1.96 bits per heavy atom. The Morgan fingerprint density at radius 3 is 2.52 bits per heavy atom. The molecule has 0 aromatic rings. The molecule has 0 spiro atoms. The molecule has 1 aliphatic carbocycles. The number of hydrogen-bond acceptors (Lipinski definition) is 4. The summed E-state index contributed by atoms with van der Waals surface area (Å²) >= 11 is 0. The van der Waals surface area contributed by atoms with Crippen LogP contribution in [0.1, 0.15) is 46.0 Å². The Kier molecular flexibility index (Phi) is 7.81. The molecule has 25 heavy (non-hydrogen) atoms. The highest BCUT2D eigenvalue weighted by atomic mass is 16.6. The molecule has 0 unspecified atom stereocenters. The number of nitrogens with one attached hydrogen (secondary N) is 2. The molecule has 0 aromatic heterocycles. The van der Waals surface area contributed by atoms with E-state index in [9.17, 15) is 4.79 Å². The molecule has 1 aliphatic heterocycles. The van der Waals surface area contributed by atoms with Gasteiger partial charge in [-0.25, -0.2) is 4.79 Å². The highest BCUT2D eigenvalue weighted by Gasteiger charge is 2.42. The van der Waals surface area contributed by atoms with Gasteiger partial charge in [-0.1, -0.05) is 0 Å². The molecule has 0 radical (unpaired) electrons. The lowest BCUT2D eigenvalue weighted by atomic mass is 10.0. The van der Waals surface area contributed by atoms with Crippen LogP contribution in [0.5, 0.6) is 0 Å². The average Bonchev–Trinajstić information content (AvgIpc) is 3.40. The second-order valence-corrected chi connectivity index (χ2v) is 6.98. The second kappa shape index (κ2) is 9.85. The van der Waals surface area contributed by atoms with E-state index in [1.165, 1.54) is 12.8 Å². The molecular weight excluding hydrogens is 320 g/mol. The summed E-state index contributed by atoms with van der Waals surface area (Å²) in [5.74, 6) is 0.859. The molecule has 0 atom stereocenters. The lowest BCUT2D eigenvalue weighted by molar-refractivity contribution is 0.0962. The molecule has 1 saturated carbocycles. The number of hydrogen-bond donors (Lipinski definition) is 2. The van der Waals surface area contributed by atoms with Crippen molar-refractivity contribution in [3.8, 4) is 0 Å². The van der Waals surface area contributed by atoms with Crippen molar-refractivity contribution in [2.45, 2.75) is 52.0 Å². The summed E-state index contributed by atoms with van der Waals surface area (Å²) in [6, 6.07) is 0.343. The van der Waals surface area contributed by atoms with Gasteiger partial charge in [-0.3, -0.25) is 4.99 Å². The SMILES string of the molecule is CCOCCC1(CNC(=NC)NC2CCN(C(=O)OCC)CC2)CC1. The standard InChI is InChI=1S/C18H34N4O3/c1-4-24-13-10-18(8-9-18)14-20-16(19-3)21-15-6-11-22(12-7-15)17(23)25-5-2/h15H,4-14H2,1-3H3,(H2,19,20,21). The lowest BCUT2D eigenvalue weighted by Gasteiger charge is -2.32. The maximum Gasteiger partial charge on any atom is 0.409 e. The summed E-state index contributed by atoms with van der Waals surface area (Å²) in [7, 11) is 1.81. The number of carbonyl (C=O) groups is 1. The normalized spacial score (nSPS) is 20.3. The number of aliphatic imine (C=N–C) groups is 1. The van der Waals surface area contributed by atoms with Gasteiger partial charge in [0.1, 0.15) is 0 Å². The Labute approximate surface area is 151 Å². The fourth-order valence-corrected chi connectivity index (χ4v) is 3.21. The van der Waals surface area contributed by atoms with Crippen molar-refractivity contribution >= 4 is 12.1 Å². The molecule has 1 amide bonds. The molecule has 144 valence electrons. The fraction of sp³-hybridized carbons (Fsp3) is 0.889. The molecule has 1 heterocycles. The van der Waals surface area contributed by atoms with E-state index in [1.807, 2.05) is 20.9 Å². The summed E-state index contributed by atoms with van der Waals surface area (Å²) in [6.45, 7) is 8.34. The smallest absolute Gasteiger partial charge is 0.409 e. The van der Waals surface area contributed by atoms with Gasteiger partial charge in [0.15, 0.2) is 5.96 Å². The molecule has 7 heteroatoms. The Balaban J connectivity index is 1.68. The third kappa shape index (κ3) is 6.38. The number of likely N-dealkylation sites (tertiary alicyclic amines) is 1. The first-order chi connectivity index (χ1) is 12.1. The minimum absolute atomic E-state index is 0.201. The van der Waals surface area contributed by atoms with E-state index in [0.29, 0.717) is 18.1 Å². The van der Waals surface area contributed by atoms with Gasteiger partial charge < -0.3 is 25.0 Å². The first kappa shape index (κ1) is 19.8. The molecule has 2 rings (SSSR count). The van der Waals surface area contributed by atoms with Crippen LogP contribution in [0.4, 0.5) is 4.79 Å². The predicted octanol–water partition coefficient (Wildman–Crippen LogP) is 1.98. The maximum atomic E-state index is 11.7. The second-order valence-electron chi connectivity index (χ2n) is 6.98. The van der Waals surface area contributed by atoms with Crippen molar-refractivity contribution < 1.29 is 14.3 Å². The van der Waals surface area contributed by atoms with Crippen molar-refractivity contribution in [1.29, 1.82) is 0 Å². The van der Waals surface area contributed by atoms with Gasteiger partial charge in [-0.05, 0) is 51.4 Å². The van der Waals surface area contributed by atoms with Gasteiger partial charge in [-0.2, -0.15) is 0 Å². The van der Waals surface area contributed by atoms with Crippen molar-refractivity contribution in [2.24, 2.45) is 10.4 Å². The molecule has 2 N–H and O–H groups in total. The van der Waals surface area contributed by atoms with Gasteiger partial charge in [-0.15, -0.1) is 0 Å². The number of ether oxygens (including phenoxy) is 2. The number of guanidine groups is 1. The summed E-state index contributed by atoms with van der Waals surface area (Å²) < 4.78 is 10.6. The molecule has 2 fully saturated rings. The van der Waals surface area contributed by atoms with Crippen molar-refractivity contribution in [1.82, 2.24) is 15.5 Å². The number of piperidine rings is 1. The summed E-state index contributed by atoms with van der Waals surface area (Å²) in [4.78, 5) is 17.9. The van der Waals surface area contributed by atoms with Crippen molar-refractivity contribution in [3.63, 3.8) is 0 Å². The van der Waals surface area contributed by atoms with E-state index in [4.69, 9.17) is 9.47 Å². The van der Waals surface area contributed by atoms with E-state index in [-0.39, 0.29) is 6.09 Å². The predicted molar refractivity (Wildman–Crippen MR) is 98.9 cm³/mol. The zero-order chi connectivity index (χ0) is 18.1. The van der Waals surface area contributed by atoms with Crippen LogP contribution in [0.25, 0.3) is 0 Å². The van der Waals surface area contributed by atoms with Crippen LogP contribution in [0.15, 0.2) is 4.99 Å². The summed E-state index contributed by atoms with van der Waals surface area (Å²) in [5.41, 5.74) is 0.389. The van der Waals surface area contributed by atoms with Gasteiger partial charge in [0.25, 0.3) is 0 Å². The molecule has 0 bridgehead atoms. The molecular formula is C18H34N4O3. The number of rotatable bonds is 8. The zero-order valence-electron chi connectivity index (χ0n) is 16.0. The molecule has 2 aliphatic rings. The van der Waals surface area contributed by atoms with E-state index < -0.39 is 0 Å². The number of nitrogens with zero attached hydrogens (tertiary/aromatic N) is 2.